The number of rotatable bonds is 6. The molecule has 1 aliphatic heterocycles. The molecule has 1 amide bonds. The lowest BCUT2D eigenvalue weighted by atomic mass is 10.2. The number of amides is 1. The van der Waals surface area contributed by atoms with Gasteiger partial charge in [-0.05, 0) is 50.6 Å². The zero-order valence-electron chi connectivity index (χ0n) is 13.3. The summed E-state index contributed by atoms with van der Waals surface area (Å²) in [5.41, 5.74) is 0.467. The second kappa shape index (κ2) is 8.63. The van der Waals surface area contributed by atoms with Crippen LogP contribution in [-0.4, -0.2) is 39.5 Å². The maximum absolute atomic E-state index is 12.1. The summed E-state index contributed by atoms with van der Waals surface area (Å²) in [6.07, 6.45) is 1.63. The molecule has 0 aromatic heterocycles. The first kappa shape index (κ1) is 19.9. The van der Waals surface area contributed by atoms with Crippen molar-refractivity contribution in [3.05, 3.63) is 29.8 Å². The van der Waals surface area contributed by atoms with Crippen LogP contribution < -0.4 is 15.4 Å². The van der Waals surface area contributed by atoms with Gasteiger partial charge in [-0.15, -0.1) is 12.4 Å². The van der Waals surface area contributed by atoms with E-state index in [0.717, 1.165) is 25.9 Å². The van der Waals surface area contributed by atoms with Gasteiger partial charge in [0.25, 0.3) is 5.91 Å². The average molecular weight is 362 g/mol. The second-order valence-corrected chi connectivity index (χ2v) is 7.33. The van der Waals surface area contributed by atoms with Crippen LogP contribution in [0.1, 0.15) is 37.0 Å². The van der Waals surface area contributed by atoms with Crippen molar-refractivity contribution < 1.29 is 13.2 Å². The molecule has 23 heavy (non-hydrogen) atoms. The Kier molecular flexibility index (Phi) is 7.47. The summed E-state index contributed by atoms with van der Waals surface area (Å²) < 4.78 is 26.9. The average Bonchev–Trinajstić information content (AvgIpc) is 2.99. The van der Waals surface area contributed by atoms with Crippen molar-refractivity contribution in [1.29, 1.82) is 0 Å². The van der Waals surface area contributed by atoms with E-state index in [1.165, 1.54) is 12.1 Å². The molecule has 2 rings (SSSR count). The Bertz CT molecular complexity index is 613. The van der Waals surface area contributed by atoms with Gasteiger partial charge < -0.3 is 10.6 Å². The predicted molar refractivity (Wildman–Crippen MR) is 92.5 cm³/mol. The Labute approximate surface area is 143 Å². The molecule has 2 atom stereocenters. The summed E-state index contributed by atoms with van der Waals surface area (Å²) in [5, 5.41) is 6.11. The van der Waals surface area contributed by atoms with Gasteiger partial charge in [0, 0.05) is 24.2 Å². The Morgan fingerprint density at radius 3 is 2.52 bits per heavy atom. The van der Waals surface area contributed by atoms with Gasteiger partial charge in [0.05, 0.1) is 4.90 Å². The number of nitrogens with one attached hydrogen (secondary N) is 3. The summed E-state index contributed by atoms with van der Waals surface area (Å²) >= 11 is 0. The maximum atomic E-state index is 12.1. The lowest BCUT2D eigenvalue weighted by Gasteiger charge is -2.13. The first-order valence-corrected chi connectivity index (χ1v) is 9.04. The molecule has 0 aliphatic carbocycles. The van der Waals surface area contributed by atoms with Crippen LogP contribution in [0.15, 0.2) is 29.2 Å². The van der Waals surface area contributed by atoms with Crippen LogP contribution in [0.5, 0.6) is 0 Å². The van der Waals surface area contributed by atoms with Crippen molar-refractivity contribution in [3.8, 4) is 0 Å². The molecule has 0 bridgehead atoms. The van der Waals surface area contributed by atoms with Crippen LogP contribution >= 0.6 is 12.4 Å². The minimum atomic E-state index is -3.53. The molecule has 1 heterocycles. The number of halogens is 1. The van der Waals surface area contributed by atoms with E-state index in [1.54, 1.807) is 12.1 Å². The van der Waals surface area contributed by atoms with Crippen LogP contribution in [0, 0.1) is 0 Å². The highest BCUT2D eigenvalue weighted by Crippen LogP contribution is 2.12. The summed E-state index contributed by atoms with van der Waals surface area (Å²) in [6, 6.07) is 6.04. The molecular weight excluding hydrogens is 338 g/mol. The molecule has 3 N–H and O–H groups in total. The van der Waals surface area contributed by atoms with Crippen molar-refractivity contribution in [3.63, 3.8) is 0 Å². The van der Waals surface area contributed by atoms with E-state index in [0.29, 0.717) is 5.56 Å². The Morgan fingerprint density at radius 1 is 1.35 bits per heavy atom. The number of benzene rings is 1. The van der Waals surface area contributed by atoms with Crippen LogP contribution in [0.2, 0.25) is 0 Å². The van der Waals surface area contributed by atoms with Crippen LogP contribution in [0.4, 0.5) is 0 Å². The smallest absolute Gasteiger partial charge is 0.251 e. The van der Waals surface area contributed by atoms with Crippen molar-refractivity contribution in [2.75, 3.05) is 13.1 Å². The van der Waals surface area contributed by atoms with E-state index in [1.807, 2.05) is 13.8 Å². The number of carbonyl (C=O) groups is 1. The van der Waals surface area contributed by atoms with E-state index < -0.39 is 10.0 Å². The van der Waals surface area contributed by atoms with Gasteiger partial charge in [0.2, 0.25) is 10.0 Å². The standard InChI is InChI=1S/C15H23N3O3S.ClH/c1-3-11(2)18-22(20,21)14-6-4-12(5-7-14)15(19)17-13-8-9-16-10-13;/h4-7,11,13,16,18H,3,8-10H2,1-2H3,(H,17,19);1H. The number of carbonyl (C=O) groups excluding carboxylic acids is 1. The zero-order chi connectivity index (χ0) is 16.2. The summed E-state index contributed by atoms with van der Waals surface area (Å²) in [6.45, 7) is 5.41. The Balaban J connectivity index is 0.00000264. The quantitative estimate of drug-likeness (QED) is 0.712. The summed E-state index contributed by atoms with van der Waals surface area (Å²) in [4.78, 5) is 12.3. The van der Waals surface area contributed by atoms with Gasteiger partial charge in [0.15, 0.2) is 0 Å². The monoisotopic (exact) mass is 361 g/mol. The number of hydrogen-bond acceptors (Lipinski definition) is 4. The molecule has 1 aromatic rings. The highest BCUT2D eigenvalue weighted by molar-refractivity contribution is 7.89. The van der Waals surface area contributed by atoms with E-state index in [2.05, 4.69) is 15.4 Å². The molecule has 130 valence electrons. The minimum Gasteiger partial charge on any atom is -0.348 e. The zero-order valence-corrected chi connectivity index (χ0v) is 15.0. The van der Waals surface area contributed by atoms with Crippen molar-refractivity contribution in [2.45, 2.75) is 43.7 Å². The Hall–Kier alpha value is -1.15. The highest BCUT2D eigenvalue weighted by atomic mass is 35.5. The van der Waals surface area contributed by atoms with E-state index in [-0.39, 0.29) is 35.3 Å². The maximum Gasteiger partial charge on any atom is 0.251 e. The third-order valence-corrected chi connectivity index (χ3v) is 5.40. The van der Waals surface area contributed by atoms with Gasteiger partial charge in [-0.1, -0.05) is 6.92 Å². The van der Waals surface area contributed by atoms with Gasteiger partial charge in [-0.2, -0.15) is 0 Å². The molecule has 2 unspecified atom stereocenters. The fourth-order valence-electron chi connectivity index (χ4n) is 2.25. The van der Waals surface area contributed by atoms with Crippen molar-refractivity contribution >= 4 is 28.3 Å². The Morgan fingerprint density at radius 2 is 2.00 bits per heavy atom. The SMILES string of the molecule is CCC(C)NS(=O)(=O)c1ccc(C(=O)NC2CCNC2)cc1.Cl. The van der Waals surface area contributed by atoms with Crippen LogP contribution in [0.3, 0.4) is 0 Å². The van der Waals surface area contributed by atoms with Crippen LogP contribution in [-0.2, 0) is 10.0 Å². The highest BCUT2D eigenvalue weighted by Gasteiger charge is 2.19. The summed E-state index contributed by atoms with van der Waals surface area (Å²) in [5.74, 6) is -0.174. The lowest BCUT2D eigenvalue weighted by Crippen LogP contribution is -2.36. The van der Waals surface area contributed by atoms with Gasteiger partial charge in [0.1, 0.15) is 0 Å². The molecule has 1 saturated heterocycles. The van der Waals surface area contributed by atoms with Crippen molar-refractivity contribution in [1.82, 2.24) is 15.4 Å². The topological polar surface area (TPSA) is 87.3 Å². The number of hydrogen-bond donors (Lipinski definition) is 3. The summed E-state index contributed by atoms with van der Waals surface area (Å²) in [7, 11) is -3.53. The predicted octanol–water partition coefficient (Wildman–Crippen LogP) is 1.28. The first-order chi connectivity index (χ1) is 10.4. The second-order valence-electron chi connectivity index (χ2n) is 5.62. The van der Waals surface area contributed by atoms with Crippen LogP contribution in [0.25, 0.3) is 0 Å². The molecule has 0 spiro atoms. The van der Waals surface area contributed by atoms with Gasteiger partial charge in [-0.3, -0.25) is 4.79 Å². The normalized spacial score (nSPS) is 19.0. The molecule has 1 aliphatic rings. The van der Waals surface area contributed by atoms with E-state index in [4.69, 9.17) is 0 Å². The molecule has 1 aromatic carbocycles. The van der Waals surface area contributed by atoms with Crippen molar-refractivity contribution in [2.24, 2.45) is 0 Å². The van der Waals surface area contributed by atoms with E-state index in [9.17, 15) is 13.2 Å². The lowest BCUT2D eigenvalue weighted by molar-refractivity contribution is 0.0940. The van der Waals surface area contributed by atoms with Gasteiger partial charge in [-0.25, -0.2) is 13.1 Å². The molecule has 0 saturated carbocycles. The largest absolute Gasteiger partial charge is 0.348 e. The molecular formula is C15H24ClN3O3S. The minimum absolute atomic E-state index is 0. The molecule has 8 heteroatoms. The fourth-order valence-corrected chi connectivity index (χ4v) is 3.58. The number of sulfonamides is 1. The third kappa shape index (κ3) is 5.46. The van der Waals surface area contributed by atoms with Gasteiger partial charge >= 0.3 is 0 Å². The molecule has 0 radical (unpaired) electrons. The first-order valence-electron chi connectivity index (χ1n) is 7.56. The molecule has 6 nitrogen and oxygen atoms in total. The molecule has 1 fully saturated rings. The fraction of sp³-hybridized carbons (Fsp3) is 0.533. The third-order valence-electron chi connectivity index (χ3n) is 3.79. The van der Waals surface area contributed by atoms with E-state index >= 15 is 0 Å².